The van der Waals surface area contributed by atoms with Crippen LogP contribution in [0.1, 0.15) is 37.0 Å². The fourth-order valence-corrected chi connectivity index (χ4v) is 2.05. The molecule has 1 rings (SSSR count). The van der Waals surface area contributed by atoms with E-state index in [1.54, 1.807) is 31.4 Å². The van der Waals surface area contributed by atoms with Gasteiger partial charge in [-0.25, -0.2) is 0 Å². The Hall–Kier alpha value is -1.88. The number of amides is 2. The van der Waals surface area contributed by atoms with E-state index >= 15 is 0 Å². The highest BCUT2D eigenvalue weighted by molar-refractivity contribution is 5.97. The molecule has 0 fully saturated rings. The largest absolute Gasteiger partial charge is 0.385 e. The number of methoxy groups -OCH3 is 1. The molecular formula is C17H26N2O3. The van der Waals surface area contributed by atoms with Gasteiger partial charge in [0.15, 0.2) is 0 Å². The molecule has 0 aliphatic carbocycles. The number of benzene rings is 1. The van der Waals surface area contributed by atoms with E-state index in [1.807, 2.05) is 19.9 Å². The van der Waals surface area contributed by atoms with Crippen molar-refractivity contribution in [3.05, 3.63) is 35.9 Å². The summed E-state index contributed by atoms with van der Waals surface area (Å²) in [7, 11) is 1.63. The summed E-state index contributed by atoms with van der Waals surface area (Å²) in [6, 6.07) is 8.40. The second-order valence-electron chi connectivity index (χ2n) is 5.34. The average Bonchev–Trinajstić information content (AvgIpc) is 2.56. The molecule has 1 aromatic carbocycles. The topological polar surface area (TPSA) is 67.4 Å². The third-order valence-corrected chi connectivity index (χ3v) is 3.64. The van der Waals surface area contributed by atoms with Crippen LogP contribution in [0.5, 0.6) is 0 Å². The molecule has 1 aromatic rings. The molecule has 22 heavy (non-hydrogen) atoms. The van der Waals surface area contributed by atoms with Gasteiger partial charge in [0.2, 0.25) is 5.91 Å². The van der Waals surface area contributed by atoms with Gasteiger partial charge in [-0.15, -0.1) is 0 Å². The maximum Gasteiger partial charge on any atom is 0.251 e. The number of ether oxygens (including phenoxy) is 1. The van der Waals surface area contributed by atoms with Gasteiger partial charge in [-0.2, -0.15) is 0 Å². The minimum atomic E-state index is -0.528. The summed E-state index contributed by atoms with van der Waals surface area (Å²) in [6.45, 7) is 5.11. The molecule has 2 N–H and O–H groups in total. The van der Waals surface area contributed by atoms with Crippen LogP contribution < -0.4 is 10.6 Å². The summed E-state index contributed by atoms with van der Waals surface area (Å²) in [5, 5.41) is 5.70. The van der Waals surface area contributed by atoms with Crippen LogP contribution in [0, 0.1) is 5.92 Å². The Morgan fingerprint density at radius 1 is 1.23 bits per heavy atom. The zero-order chi connectivity index (χ0) is 16.4. The first-order valence-electron chi connectivity index (χ1n) is 7.72. The minimum absolute atomic E-state index is 0.0649. The molecule has 5 nitrogen and oxygen atoms in total. The Bertz CT molecular complexity index is 462. The Kier molecular flexibility index (Phi) is 8.22. The van der Waals surface area contributed by atoms with Crippen LogP contribution in [0.25, 0.3) is 0 Å². The summed E-state index contributed by atoms with van der Waals surface area (Å²) in [6.07, 6.45) is 1.56. The van der Waals surface area contributed by atoms with Gasteiger partial charge in [-0.1, -0.05) is 38.5 Å². The molecule has 122 valence electrons. The van der Waals surface area contributed by atoms with E-state index in [9.17, 15) is 9.59 Å². The smallest absolute Gasteiger partial charge is 0.251 e. The Labute approximate surface area is 132 Å². The minimum Gasteiger partial charge on any atom is -0.385 e. The predicted molar refractivity (Wildman–Crippen MR) is 86.7 cm³/mol. The highest BCUT2D eigenvalue weighted by atomic mass is 16.5. The van der Waals surface area contributed by atoms with Crippen molar-refractivity contribution in [3.63, 3.8) is 0 Å². The maximum atomic E-state index is 12.3. The summed E-state index contributed by atoms with van der Waals surface area (Å²) in [5.74, 6) is -0.303. The maximum absolute atomic E-state index is 12.3. The van der Waals surface area contributed by atoms with Crippen molar-refractivity contribution in [1.29, 1.82) is 0 Å². The van der Waals surface area contributed by atoms with Crippen molar-refractivity contribution in [2.75, 3.05) is 20.3 Å². The average molecular weight is 306 g/mol. The molecule has 2 unspecified atom stereocenters. The van der Waals surface area contributed by atoms with Gasteiger partial charge >= 0.3 is 0 Å². The Balaban J connectivity index is 2.64. The molecular weight excluding hydrogens is 280 g/mol. The quantitative estimate of drug-likeness (QED) is 0.686. The van der Waals surface area contributed by atoms with Crippen molar-refractivity contribution >= 4 is 11.8 Å². The van der Waals surface area contributed by atoms with Gasteiger partial charge in [-0.3, -0.25) is 9.59 Å². The van der Waals surface area contributed by atoms with Crippen molar-refractivity contribution in [2.45, 2.75) is 32.7 Å². The van der Waals surface area contributed by atoms with Crippen LogP contribution in [0.4, 0.5) is 0 Å². The summed E-state index contributed by atoms with van der Waals surface area (Å²) >= 11 is 0. The molecule has 0 bridgehead atoms. The molecule has 0 aliphatic heterocycles. The number of carbonyl (C=O) groups is 2. The zero-order valence-corrected chi connectivity index (χ0v) is 13.6. The second kappa shape index (κ2) is 9.95. The van der Waals surface area contributed by atoms with Crippen LogP contribution in [-0.4, -0.2) is 38.1 Å². The lowest BCUT2D eigenvalue weighted by atomic mass is 9.98. The standard InChI is InChI=1S/C17H26N2O3/c1-4-13(2)15(17(21)18-11-8-12-22-3)19-16(20)14-9-6-5-7-10-14/h5-7,9-10,13,15H,4,8,11-12H2,1-3H3,(H,18,21)(H,19,20). The van der Waals surface area contributed by atoms with Gasteiger partial charge in [0.05, 0.1) is 0 Å². The lowest BCUT2D eigenvalue weighted by Crippen LogP contribution is -2.50. The molecule has 0 saturated carbocycles. The van der Waals surface area contributed by atoms with E-state index in [-0.39, 0.29) is 17.7 Å². The summed E-state index contributed by atoms with van der Waals surface area (Å²) in [5.41, 5.74) is 0.558. The third-order valence-electron chi connectivity index (χ3n) is 3.64. The highest BCUT2D eigenvalue weighted by Gasteiger charge is 2.25. The fourth-order valence-electron chi connectivity index (χ4n) is 2.05. The molecule has 0 aliphatic rings. The molecule has 0 spiro atoms. The Morgan fingerprint density at radius 2 is 1.91 bits per heavy atom. The van der Waals surface area contributed by atoms with E-state index in [0.29, 0.717) is 18.7 Å². The number of nitrogens with one attached hydrogen (secondary N) is 2. The van der Waals surface area contributed by atoms with E-state index in [0.717, 1.165) is 12.8 Å². The van der Waals surface area contributed by atoms with Crippen molar-refractivity contribution < 1.29 is 14.3 Å². The third kappa shape index (κ3) is 5.85. The molecule has 0 heterocycles. The van der Waals surface area contributed by atoms with Crippen LogP contribution in [-0.2, 0) is 9.53 Å². The monoisotopic (exact) mass is 306 g/mol. The molecule has 0 saturated heterocycles. The number of rotatable bonds is 9. The van der Waals surface area contributed by atoms with E-state index in [2.05, 4.69) is 10.6 Å². The van der Waals surface area contributed by atoms with Crippen LogP contribution in [0.3, 0.4) is 0 Å². The van der Waals surface area contributed by atoms with E-state index < -0.39 is 6.04 Å². The number of hydrogen-bond acceptors (Lipinski definition) is 3. The zero-order valence-electron chi connectivity index (χ0n) is 13.6. The predicted octanol–water partition coefficient (Wildman–Crippen LogP) is 1.98. The highest BCUT2D eigenvalue weighted by Crippen LogP contribution is 2.09. The van der Waals surface area contributed by atoms with E-state index in [1.165, 1.54) is 0 Å². The molecule has 5 heteroatoms. The molecule has 2 amide bonds. The lowest BCUT2D eigenvalue weighted by molar-refractivity contribution is -0.124. The summed E-state index contributed by atoms with van der Waals surface area (Å²) < 4.78 is 4.95. The first-order chi connectivity index (χ1) is 10.6. The first-order valence-corrected chi connectivity index (χ1v) is 7.72. The first kappa shape index (κ1) is 18.2. The summed E-state index contributed by atoms with van der Waals surface area (Å²) in [4.78, 5) is 24.6. The lowest BCUT2D eigenvalue weighted by Gasteiger charge is -2.23. The molecule has 0 radical (unpaired) electrons. The Morgan fingerprint density at radius 3 is 2.50 bits per heavy atom. The van der Waals surface area contributed by atoms with Gasteiger partial charge < -0.3 is 15.4 Å². The number of hydrogen-bond donors (Lipinski definition) is 2. The van der Waals surface area contributed by atoms with Crippen molar-refractivity contribution in [3.8, 4) is 0 Å². The van der Waals surface area contributed by atoms with Crippen LogP contribution in [0.2, 0.25) is 0 Å². The normalized spacial score (nSPS) is 13.2. The van der Waals surface area contributed by atoms with Crippen molar-refractivity contribution in [2.24, 2.45) is 5.92 Å². The SMILES string of the molecule is CCC(C)C(NC(=O)c1ccccc1)C(=O)NCCCOC. The van der Waals surface area contributed by atoms with Crippen LogP contribution in [0.15, 0.2) is 30.3 Å². The molecule has 2 atom stereocenters. The van der Waals surface area contributed by atoms with Gasteiger partial charge in [-0.05, 0) is 24.5 Å². The van der Waals surface area contributed by atoms with Gasteiger partial charge in [0.25, 0.3) is 5.91 Å². The van der Waals surface area contributed by atoms with Gasteiger partial charge in [0.1, 0.15) is 6.04 Å². The van der Waals surface area contributed by atoms with Crippen molar-refractivity contribution in [1.82, 2.24) is 10.6 Å². The van der Waals surface area contributed by atoms with Crippen LogP contribution >= 0.6 is 0 Å². The van der Waals surface area contributed by atoms with E-state index in [4.69, 9.17) is 4.74 Å². The fraction of sp³-hybridized carbons (Fsp3) is 0.529. The number of carbonyl (C=O) groups excluding carboxylic acids is 2. The second-order valence-corrected chi connectivity index (χ2v) is 5.34. The van der Waals surface area contributed by atoms with Gasteiger partial charge in [0, 0.05) is 25.8 Å². The molecule has 0 aromatic heterocycles.